The second-order valence-corrected chi connectivity index (χ2v) is 5.87. The van der Waals surface area contributed by atoms with Crippen LogP contribution in [0.1, 0.15) is 10.4 Å². The van der Waals surface area contributed by atoms with Gasteiger partial charge in [-0.05, 0) is 24.3 Å². The zero-order valence-electron chi connectivity index (χ0n) is 16.0. The van der Waals surface area contributed by atoms with E-state index in [0.717, 1.165) is 10.8 Å². The predicted molar refractivity (Wildman–Crippen MR) is 107 cm³/mol. The zero-order chi connectivity index (χ0) is 21.0. The topological polar surface area (TPSA) is 112 Å². The highest BCUT2D eigenvalue weighted by molar-refractivity contribution is 6.03. The SMILES string of the molecule is COc1cccc(NC(=O)c2c[nH]c(=O)n(-c3ccc(OC)c(OC)c3)c2=O)c1. The lowest BCUT2D eigenvalue weighted by molar-refractivity contribution is 0.102. The first-order chi connectivity index (χ1) is 14.0. The number of amides is 1. The normalized spacial score (nSPS) is 10.3. The van der Waals surface area contributed by atoms with E-state index in [1.165, 1.54) is 33.5 Å². The van der Waals surface area contributed by atoms with E-state index in [-0.39, 0.29) is 11.3 Å². The fourth-order valence-corrected chi connectivity index (χ4v) is 2.73. The fourth-order valence-electron chi connectivity index (χ4n) is 2.73. The van der Waals surface area contributed by atoms with Crippen molar-refractivity contribution < 1.29 is 19.0 Å². The Morgan fingerprint density at radius 3 is 2.41 bits per heavy atom. The summed E-state index contributed by atoms with van der Waals surface area (Å²) in [5.41, 5.74) is -1.04. The first-order valence-corrected chi connectivity index (χ1v) is 8.51. The van der Waals surface area contributed by atoms with Gasteiger partial charge < -0.3 is 24.5 Å². The lowest BCUT2D eigenvalue weighted by Gasteiger charge is -2.11. The molecule has 9 heteroatoms. The summed E-state index contributed by atoms with van der Waals surface area (Å²) in [4.78, 5) is 40.2. The van der Waals surface area contributed by atoms with Crippen LogP contribution in [0.25, 0.3) is 5.69 Å². The second kappa shape index (κ2) is 8.34. The molecular weight excluding hydrogens is 378 g/mol. The first-order valence-electron chi connectivity index (χ1n) is 8.51. The quantitative estimate of drug-likeness (QED) is 0.656. The molecule has 0 spiro atoms. The van der Waals surface area contributed by atoms with Crippen molar-refractivity contribution in [3.05, 3.63) is 75.1 Å². The second-order valence-electron chi connectivity index (χ2n) is 5.87. The van der Waals surface area contributed by atoms with E-state index in [1.54, 1.807) is 30.3 Å². The Morgan fingerprint density at radius 1 is 0.966 bits per heavy atom. The number of methoxy groups -OCH3 is 3. The van der Waals surface area contributed by atoms with Crippen molar-refractivity contribution in [2.45, 2.75) is 0 Å². The van der Waals surface area contributed by atoms with Crippen LogP contribution in [0.15, 0.2) is 58.3 Å². The van der Waals surface area contributed by atoms with Crippen molar-refractivity contribution in [2.24, 2.45) is 0 Å². The van der Waals surface area contributed by atoms with Gasteiger partial charge in [0, 0.05) is 24.0 Å². The Labute approximate surface area is 165 Å². The van der Waals surface area contributed by atoms with Crippen LogP contribution in [0.2, 0.25) is 0 Å². The molecule has 1 heterocycles. The van der Waals surface area contributed by atoms with Gasteiger partial charge in [0.25, 0.3) is 11.5 Å². The third-order valence-electron chi connectivity index (χ3n) is 4.17. The Kier molecular flexibility index (Phi) is 5.68. The van der Waals surface area contributed by atoms with Gasteiger partial charge >= 0.3 is 5.69 Å². The van der Waals surface area contributed by atoms with Crippen LogP contribution in [0.5, 0.6) is 17.2 Å². The molecule has 0 aliphatic rings. The summed E-state index contributed by atoms with van der Waals surface area (Å²) in [5, 5.41) is 2.61. The molecule has 2 N–H and O–H groups in total. The predicted octanol–water partition coefficient (Wildman–Crippen LogP) is 1.80. The van der Waals surface area contributed by atoms with Crippen molar-refractivity contribution >= 4 is 11.6 Å². The third-order valence-corrected chi connectivity index (χ3v) is 4.17. The highest BCUT2D eigenvalue weighted by Gasteiger charge is 2.17. The van der Waals surface area contributed by atoms with Crippen molar-refractivity contribution in [2.75, 3.05) is 26.6 Å². The molecular formula is C20H19N3O6. The smallest absolute Gasteiger partial charge is 0.333 e. The van der Waals surface area contributed by atoms with Crippen LogP contribution in [-0.4, -0.2) is 36.8 Å². The average Bonchev–Trinajstić information content (AvgIpc) is 2.73. The zero-order valence-corrected chi connectivity index (χ0v) is 16.0. The van der Waals surface area contributed by atoms with Crippen LogP contribution in [-0.2, 0) is 0 Å². The Bertz CT molecular complexity index is 1170. The van der Waals surface area contributed by atoms with Gasteiger partial charge in [-0.1, -0.05) is 6.07 Å². The molecule has 0 bridgehead atoms. The average molecular weight is 397 g/mol. The summed E-state index contributed by atoms with van der Waals surface area (Å²) in [5.74, 6) is 0.649. The first kappa shape index (κ1) is 19.7. The summed E-state index contributed by atoms with van der Waals surface area (Å²) in [6.45, 7) is 0. The number of nitrogens with one attached hydrogen (secondary N) is 2. The van der Waals surface area contributed by atoms with Crippen LogP contribution >= 0.6 is 0 Å². The van der Waals surface area contributed by atoms with E-state index in [0.29, 0.717) is 22.9 Å². The summed E-state index contributed by atoms with van der Waals surface area (Å²) in [6, 6.07) is 11.2. The largest absolute Gasteiger partial charge is 0.497 e. The van der Waals surface area contributed by atoms with Gasteiger partial charge in [0.15, 0.2) is 11.5 Å². The molecule has 0 aliphatic carbocycles. The van der Waals surface area contributed by atoms with Crippen LogP contribution in [0.4, 0.5) is 5.69 Å². The molecule has 0 radical (unpaired) electrons. The molecule has 0 fully saturated rings. The molecule has 0 saturated heterocycles. The summed E-state index contributed by atoms with van der Waals surface area (Å²) < 4.78 is 16.3. The molecule has 3 aromatic rings. The van der Waals surface area contributed by atoms with E-state index < -0.39 is 17.2 Å². The minimum Gasteiger partial charge on any atom is -0.497 e. The van der Waals surface area contributed by atoms with Crippen LogP contribution in [0, 0.1) is 0 Å². The Balaban J connectivity index is 2.02. The summed E-state index contributed by atoms with van der Waals surface area (Å²) >= 11 is 0. The number of hydrogen-bond donors (Lipinski definition) is 2. The van der Waals surface area contributed by atoms with Crippen molar-refractivity contribution in [3.63, 3.8) is 0 Å². The summed E-state index contributed by atoms with van der Waals surface area (Å²) in [6.07, 6.45) is 1.08. The maximum absolute atomic E-state index is 12.9. The number of nitrogens with zero attached hydrogens (tertiary/aromatic N) is 1. The van der Waals surface area contributed by atoms with Gasteiger partial charge in [0.1, 0.15) is 11.3 Å². The molecule has 0 saturated carbocycles. The Morgan fingerprint density at radius 2 is 1.72 bits per heavy atom. The van der Waals surface area contributed by atoms with Gasteiger partial charge in [0.05, 0.1) is 27.0 Å². The molecule has 150 valence electrons. The molecule has 0 unspecified atom stereocenters. The van der Waals surface area contributed by atoms with E-state index in [1.807, 2.05) is 0 Å². The lowest BCUT2D eigenvalue weighted by Crippen LogP contribution is -2.38. The number of aromatic amines is 1. The summed E-state index contributed by atoms with van der Waals surface area (Å²) in [7, 11) is 4.41. The number of H-pyrrole nitrogens is 1. The highest BCUT2D eigenvalue weighted by atomic mass is 16.5. The van der Waals surface area contributed by atoms with Gasteiger partial charge in [0.2, 0.25) is 0 Å². The third kappa shape index (κ3) is 3.98. The van der Waals surface area contributed by atoms with E-state index in [4.69, 9.17) is 14.2 Å². The molecule has 9 nitrogen and oxygen atoms in total. The van der Waals surface area contributed by atoms with Crippen LogP contribution in [0.3, 0.4) is 0 Å². The molecule has 1 aromatic heterocycles. The van der Waals surface area contributed by atoms with E-state index >= 15 is 0 Å². The van der Waals surface area contributed by atoms with Gasteiger partial charge in [-0.15, -0.1) is 0 Å². The maximum atomic E-state index is 12.9. The standard InChI is InChI=1S/C20H19N3O6/c1-27-14-6-4-5-12(9-14)22-18(24)15-11-21-20(26)23(19(15)25)13-7-8-16(28-2)17(10-13)29-3/h4-11H,1-3H3,(H,21,26)(H,22,24). The maximum Gasteiger partial charge on any atom is 0.333 e. The molecule has 29 heavy (non-hydrogen) atoms. The minimum atomic E-state index is -0.777. The van der Waals surface area contributed by atoms with Gasteiger partial charge in [-0.3, -0.25) is 9.59 Å². The number of anilines is 1. The molecule has 3 rings (SSSR count). The minimum absolute atomic E-state index is 0.227. The molecule has 0 aliphatic heterocycles. The van der Waals surface area contributed by atoms with Gasteiger partial charge in [-0.2, -0.15) is 0 Å². The number of rotatable bonds is 6. The van der Waals surface area contributed by atoms with Crippen LogP contribution < -0.4 is 30.8 Å². The van der Waals surface area contributed by atoms with Crippen molar-refractivity contribution in [3.8, 4) is 22.9 Å². The number of hydrogen-bond acceptors (Lipinski definition) is 6. The fraction of sp³-hybridized carbons (Fsp3) is 0.150. The molecule has 0 atom stereocenters. The lowest BCUT2D eigenvalue weighted by atomic mass is 10.2. The van der Waals surface area contributed by atoms with Gasteiger partial charge in [-0.25, -0.2) is 9.36 Å². The highest BCUT2D eigenvalue weighted by Crippen LogP contribution is 2.28. The number of ether oxygens (including phenoxy) is 3. The number of benzene rings is 2. The van der Waals surface area contributed by atoms with Crippen molar-refractivity contribution in [1.82, 2.24) is 9.55 Å². The van der Waals surface area contributed by atoms with E-state index in [9.17, 15) is 14.4 Å². The van der Waals surface area contributed by atoms with Crippen molar-refractivity contribution in [1.29, 1.82) is 0 Å². The molecule has 2 aromatic carbocycles. The Hall–Kier alpha value is -4.01. The molecule has 1 amide bonds. The number of carbonyl (C=O) groups excluding carboxylic acids is 1. The number of aromatic nitrogens is 2. The number of carbonyl (C=O) groups is 1. The van der Waals surface area contributed by atoms with E-state index in [2.05, 4.69) is 10.3 Å². The monoisotopic (exact) mass is 397 g/mol.